The van der Waals surface area contributed by atoms with Crippen LogP contribution in [0.4, 0.5) is 8.78 Å². The molecule has 1 unspecified atom stereocenters. The summed E-state index contributed by atoms with van der Waals surface area (Å²) in [5.41, 5.74) is -4.23. The van der Waals surface area contributed by atoms with E-state index in [9.17, 15) is 18.5 Å². The van der Waals surface area contributed by atoms with E-state index in [4.69, 9.17) is 9.47 Å². The van der Waals surface area contributed by atoms with Gasteiger partial charge in [-0.25, -0.2) is 18.4 Å². The zero-order chi connectivity index (χ0) is 22.3. The monoisotopic (exact) mass is 431 g/mol. The number of hydrogen-bond donors (Lipinski definition) is 1. The Labute approximate surface area is 172 Å². The molecule has 1 fully saturated rings. The molecule has 1 aromatic carbocycles. The van der Waals surface area contributed by atoms with Crippen molar-refractivity contribution in [2.75, 3.05) is 0 Å². The number of hydrogen-bond acceptors (Lipinski definition) is 6. The number of alkyl halides is 1. The second-order valence-electron chi connectivity index (χ2n) is 8.78. The minimum Gasteiger partial charge on any atom is -0.598 e. The predicted molar refractivity (Wildman–Crippen MR) is 104 cm³/mol. The van der Waals surface area contributed by atoms with Crippen LogP contribution in [-0.2, 0) is 36.0 Å². The fourth-order valence-corrected chi connectivity index (χ4v) is 3.77. The van der Waals surface area contributed by atoms with Gasteiger partial charge in [0.25, 0.3) is 5.79 Å². The minimum atomic E-state index is -3.03. The van der Waals surface area contributed by atoms with Crippen molar-refractivity contribution in [3.8, 4) is 0 Å². The highest BCUT2D eigenvalue weighted by atomic mass is 32.2. The third-order valence-electron chi connectivity index (χ3n) is 4.64. The zero-order valence-corrected chi connectivity index (χ0v) is 18.2. The lowest BCUT2D eigenvalue weighted by Gasteiger charge is -2.39. The summed E-state index contributed by atoms with van der Waals surface area (Å²) in [6.07, 6.45) is -0.864. The van der Waals surface area contributed by atoms with E-state index < -0.39 is 57.3 Å². The summed E-state index contributed by atoms with van der Waals surface area (Å²) >= 11 is -1.64. The van der Waals surface area contributed by atoms with Crippen LogP contribution >= 0.6 is 0 Å². The molecule has 1 saturated heterocycles. The van der Waals surface area contributed by atoms with Crippen molar-refractivity contribution in [3.63, 3.8) is 0 Å². The van der Waals surface area contributed by atoms with Gasteiger partial charge in [-0.1, -0.05) is 18.2 Å². The van der Waals surface area contributed by atoms with Gasteiger partial charge in [-0.05, 0) is 40.2 Å². The molecule has 0 bridgehead atoms. The van der Waals surface area contributed by atoms with Crippen molar-refractivity contribution >= 4 is 23.3 Å². The van der Waals surface area contributed by atoms with E-state index in [0.29, 0.717) is 0 Å². The Bertz CT molecular complexity index is 775. The first-order valence-electron chi connectivity index (χ1n) is 9.21. The van der Waals surface area contributed by atoms with E-state index >= 15 is 4.39 Å². The quantitative estimate of drug-likeness (QED) is 0.422. The van der Waals surface area contributed by atoms with Gasteiger partial charge < -0.3 is 14.0 Å². The van der Waals surface area contributed by atoms with Crippen LogP contribution in [0.2, 0.25) is 0 Å². The Morgan fingerprint density at radius 2 is 1.62 bits per heavy atom. The summed E-state index contributed by atoms with van der Waals surface area (Å²) in [5.74, 6) is -4.86. The van der Waals surface area contributed by atoms with Gasteiger partial charge in [0.2, 0.25) is 0 Å². The third kappa shape index (κ3) is 5.07. The maximum absolute atomic E-state index is 15.3. The van der Waals surface area contributed by atoms with Gasteiger partial charge in [0.05, 0.1) is 5.54 Å². The average molecular weight is 432 g/mol. The molecule has 1 aromatic rings. The van der Waals surface area contributed by atoms with Crippen LogP contribution < -0.4 is 4.72 Å². The fourth-order valence-electron chi connectivity index (χ4n) is 2.85. The molecule has 0 aliphatic carbocycles. The molecule has 1 aliphatic rings. The number of nitrogens with one attached hydrogen (secondary N) is 1. The lowest BCUT2D eigenvalue weighted by molar-refractivity contribution is -0.253. The standard InChI is InChI=1S/C20H27F2NO5S/c1-17(2,3)29(26)23-19(6,13-9-7-8-10-14(13)21)11-12-20(22)15(24)27-18(4,5)28-16(20)25/h7-10,23H,11-12H2,1-6H3/t19?,29-/m1/s1. The first kappa shape index (κ1) is 23.6. The topological polar surface area (TPSA) is 87.7 Å². The summed E-state index contributed by atoms with van der Waals surface area (Å²) in [4.78, 5) is 24.4. The molecule has 1 heterocycles. The van der Waals surface area contributed by atoms with Crippen LogP contribution in [-0.4, -0.2) is 32.7 Å². The molecule has 29 heavy (non-hydrogen) atoms. The zero-order valence-electron chi connectivity index (χ0n) is 17.4. The molecular weight excluding hydrogens is 404 g/mol. The van der Waals surface area contributed by atoms with Crippen LogP contribution in [0.25, 0.3) is 0 Å². The third-order valence-corrected chi connectivity index (χ3v) is 6.38. The van der Waals surface area contributed by atoms with Gasteiger partial charge >= 0.3 is 17.6 Å². The number of cyclic esters (lactones) is 2. The van der Waals surface area contributed by atoms with Crippen molar-refractivity contribution in [2.45, 2.75) is 76.1 Å². The van der Waals surface area contributed by atoms with Crippen molar-refractivity contribution in [3.05, 3.63) is 35.6 Å². The fraction of sp³-hybridized carbons (Fsp3) is 0.600. The largest absolute Gasteiger partial charge is 0.598 e. The Hall–Kier alpha value is -1.71. The van der Waals surface area contributed by atoms with Gasteiger partial charge in [0.15, 0.2) is 0 Å². The van der Waals surface area contributed by atoms with Crippen molar-refractivity contribution < 1.29 is 32.4 Å². The minimum absolute atomic E-state index is 0.138. The number of ether oxygens (including phenoxy) is 2. The number of esters is 2. The maximum Gasteiger partial charge on any atom is 0.359 e. The second kappa shape index (κ2) is 7.85. The molecule has 0 amide bonds. The van der Waals surface area contributed by atoms with Crippen LogP contribution in [0.3, 0.4) is 0 Å². The van der Waals surface area contributed by atoms with Crippen molar-refractivity contribution in [2.24, 2.45) is 0 Å². The smallest absolute Gasteiger partial charge is 0.359 e. The molecule has 2 atom stereocenters. The molecule has 0 aromatic heterocycles. The first-order chi connectivity index (χ1) is 13.1. The van der Waals surface area contributed by atoms with E-state index in [1.165, 1.54) is 32.0 Å². The summed E-state index contributed by atoms with van der Waals surface area (Å²) in [6, 6.07) is 5.80. The van der Waals surface area contributed by atoms with Crippen molar-refractivity contribution in [1.29, 1.82) is 0 Å². The lowest BCUT2D eigenvalue weighted by Crippen LogP contribution is -2.57. The van der Waals surface area contributed by atoms with Gasteiger partial charge in [-0.3, -0.25) is 0 Å². The number of carbonyl (C=O) groups is 2. The van der Waals surface area contributed by atoms with Crippen LogP contribution in [0, 0.1) is 5.82 Å². The van der Waals surface area contributed by atoms with Crippen LogP contribution in [0.15, 0.2) is 24.3 Å². The first-order valence-corrected chi connectivity index (χ1v) is 10.4. The van der Waals surface area contributed by atoms with E-state index in [2.05, 4.69) is 4.72 Å². The Morgan fingerprint density at radius 3 is 2.10 bits per heavy atom. The SMILES string of the molecule is CC1(C)OC(=O)C(F)(CCC(C)(N[S@+]([O-])C(C)(C)C)c2ccccc2F)C(=O)O1. The summed E-state index contributed by atoms with van der Waals surface area (Å²) in [5, 5.41) is 0. The summed E-state index contributed by atoms with van der Waals surface area (Å²) in [7, 11) is 0. The predicted octanol–water partition coefficient (Wildman–Crippen LogP) is 3.42. The molecule has 1 aliphatic heterocycles. The Morgan fingerprint density at radius 1 is 1.10 bits per heavy atom. The Balaban J connectivity index is 2.35. The molecule has 2 rings (SSSR count). The van der Waals surface area contributed by atoms with E-state index in [0.717, 1.165) is 0 Å². The summed E-state index contributed by atoms with van der Waals surface area (Å²) in [6.45, 7) is 9.37. The van der Waals surface area contributed by atoms with Gasteiger partial charge in [0.1, 0.15) is 10.6 Å². The second-order valence-corrected chi connectivity index (χ2v) is 10.7. The number of rotatable bonds is 6. The highest BCUT2D eigenvalue weighted by molar-refractivity contribution is 7.90. The number of halogens is 2. The number of benzene rings is 1. The van der Waals surface area contributed by atoms with Crippen LogP contribution in [0.5, 0.6) is 0 Å². The summed E-state index contributed by atoms with van der Waals surface area (Å²) < 4.78 is 54.4. The molecular formula is C20H27F2NO5S. The maximum atomic E-state index is 15.3. The highest BCUT2D eigenvalue weighted by Gasteiger charge is 2.58. The van der Waals surface area contributed by atoms with E-state index in [1.54, 1.807) is 33.8 Å². The van der Waals surface area contributed by atoms with E-state index in [1.807, 2.05) is 0 Å². The normalized spacial score (nSPS) is 21.7. The molecule has 0 saturated carbocycles. The highest BCUT2D eigenvalue weighted by Crippen LogP contribution is 2.38. The average Bonchev–Trinajstić information content (AvgIpc) is 2.57. The molecule has 162 valence electrons. The molecule has 1 N–H and O–H groups in total. The lowest BCUT2D eigenvalue weighted by atomic mass is 9.84. The molecule has 0 spiro atoms. The molecule has 6 nitrogen and oxygen atoms in total. The van der Waals surface area contributed by atoms with Gasteiger partial charge in [-0.15, -0.1) is 4.72 Å². The van der Waals surface area contributed by atoms with Crippen LogP contribution in [0.1, 0.15) is 59.9 Å². The Kier molecular flexibility index (Phi) is 6.38. The van der Waals surface area contributed by atoms with Crippen molar-refractivity contribution in [1.82, 2.24) is 4.72 Å². The van der Waals surface area contributed by atoms with Gasteiger partial charge in [0, 0.05) is 37.2 Å². The van der Waals surface area contributed by atoms with Gasteiger partial charge in [-0.2, -0.15) is 0 Å². The number of carbonyl (C=O) groups excluding carboxylic acids is 2. The van der Waals surface area contributed by atoms with E-state index in [-0.39, 0.29) is 12.0 Å². The molecule has 9 heteroatoms. The molecule has 0 radical (unpaired) electrons.